The number of rotatable bonds is 13. The van der Waals surface area contributed by atoms with Crippen LogP contribution in [0.3, 0.4) is 0 Å². The van der Waals surface area contributed by atoms with Crippen molar-refractivity contribution in [2.24, 2.45) is 0 Å². The van der Waals surface area contributed by atoms with Crippen LogP contribution in [0.15, 0.2) is 109 Å². The molecule has 4 aromatic carbocycles. The van der Waals surface area contributed by atoms with Gasteiger partial charge in [0.05, 0.1) is 34.5 Å². The zero-order valence-corrected chi connectivity index (χ0v) is 41.0. The van der Waals surface area contributed by atoms with Gasteiger partial charge in [0.1, 0.15) is 33.9 Å². The number of hydrogen-bond donors (Lipinski definition) is 1. The van der Waals surface area contributed by atoms with Gasteiger partial charge in [0.15, 0.2) is 0 Å². The van der Waals surface area contributed by atoms with Crippen LogP contribution in [0.4, 0.5) is 11.4 Å². The van der Waals surface area contributed by atoms with Crippen molar-refractivity contribution in [3.8, 4) is 11.5 Å². The summed E-state index contributed by atoms with van der Waals surface area (Å²) in [7, 11) is 0. The van der Waals surface area contributed by atoms with Crippen LogP contribution in [0, 0.1) is 17.5 Å². The SMILES string of the molecule is C.C.C.CC(C)(C)OC(=O)Cc1cc(CC(C)(C)Oc2ccc(N)c3ccccc23)ccn1.CC(C)(C)OC(=O)Cc1cc(CC(C)(C)Oc2ccc([N+](=O)[O-])c3ccccc23)ccn1.[CH3-].[Pt]. The first kappa shape index (κ1) is 61.1. The van der Waals surface area contributed by atoms with E-state index in [0.717, 1.165) is 33.3 Å². The first-order valence-corrected chi connectivity index (χ1v) is 20.6. The number of nitro groups is 1. The molecule has 0 aliphatic rings. The Morgan fingerprint density at radius 1 is 0.582 bits per heavy atom. The average Bonchev–Trinajstić information content (AvgIpc) is 3.14. The molecule has 0 amide bonds. The summed E-state index contributed by atoms with van der Waals surface area (Å²) in [5, 5.41) is 14.6. The summed E-state index contributed by atoms with van der Waals surface area (Å²) in [5.74, 6) is 0.776. The molecule has 13 heteroatoms. The number of ether oxygens (including phenoxy) is 4. The Kier molecular flexibility index (Phi) is 23.1. The number of nitrogens with two attached hydrogens (primary N) is 1. The standard InChI is InChI=1S/C25H28N2O5.C25H30N2O3.3CH4.CH3.Pt/c1-24(2,3)32-23(28)15-18-14-17(12-13-26-18)16-25(4,5)31-22-11-10-21(27(29)30)19-8-6-7-9-20(19)22;1-24(2,3)30-23(28)15-18-14-17(12-13-27-18)16-25(4,5)29-22-11-10-21(26)19-8-6-7-9-20(19)22;;;;;/h6-14H,15-16H2,1-5H3;6-14H,15-16,26H2,1-5H3;3*1H4;1H3;/q;;;;;-1;. The maximum absolute atomic E-state index is 12.1. The van der Waals surface area contributed by atoms with Gasteiger partial charge in [-0.25, -0.2) is 0 Å². The fourth-order valence-electron chi connectivity index (χ4n) is 7.06. The van der Waals surface area contributed by atoms with E-state index in [2.05, 4.69) is 9.97 Å². The van der Waals surface area contributed by atoms with Crippen molar-refractivity contribution in [3.63, 3.8) is 0 Å². The third-order valence-electron chi connectivity index (χ3n) is 9.26. The molecule has 0 aliphatic heterocycles. The molecule has 0 radical (unpaired) electrons. The Morgan fingerprint density at radius 2 is 0.955 bits per heavy atom. The van der Waals surface area contributed by atoms with Crippen molar-refractivity contribution in [2.45, 2.75) is 140 Å². The quantitative estimate of drug-likeness (QED) is 0.0384. The molecule has 2 N–H and O–H groups in total. The van der Waals surface area contributed by atoms with Gasteiger partial charge < -0.3 is 32.1 Å². The smallest absolute Gasteiger partial charge is 0.312 e. The van der Waals surface area contributed by atoms with Crippen LogP contribution in [0.1, 0.15) is 114 Å². The largest absolute Gasteiger partial charge is 0.487 e. The predicted molar refractivity (Wildman–Crippen MR) is 270 cm³/mol. The first-order chi connectivity index (χ1) is 29.0. The minimum Gasteiger partial charge on any atom is -0.487 e. The number of carbonyl (C=O) groups is 2. The van der Waals surface area contributed by atoms with Gasteiger partial charge in [0.25, 0.3) is 5.69 Å². The molecule has 0 fully saturated rings. The van der Waals surface area contributed by atoms with Gasteiger partial charge in [0.2, 0.25) is 0 Å². The third kappa shape index (κ3) is 18.7. The number of nitro benzene ring substituents is 1. The Hall–Kier alpha value is -5.87. The fourth-order valence-corrected chi connectivity index (χ4v) is 7.06. The van der Waals surface area contributed by atoms with Crippen LogP contribution in [-0.2, 0) is 65.8 Å². The Morgan fingerprint density at radius 3 is 1.36 bits per heavy atom. The van der Waals surface area contributed by atoms with E-state index in [1.54, 1.807) is 30.6 Å². The number of benzene rings is 4. The number of carbonyl (C=O) groups excluding carboxylic acids is 2. The van der Waals surface area contributed by atoms with Crippen molar-refractivity contribution in [1.82, 2.24) is 9.97 Å². The van der Waals surface area contributed by atoms with Crippen LogP contribution in [0.5, 0.6) is 11.5 Å². The Labute approximate surface area is 413 Å². The van der Waals surface area contributed by atoms with Gasteiger partial charge in [-0.1, -0.05) is 64.7 Å². The number of aromatic nitrogens is 2. The second-order valence-corrected chi connectivity index (χ2v) is 18.5. The van der Waals surface area contributed by atoms with Crippen LogP contribution < -0.4 is 15.2 Å². The van der Waals surface area contributed by atoms with Gasteiger partial charge >= 0.3 is 11.9 Å². The summed E-state index contributed by atoms with van der Waals surface area (Å²) in [6.45, 7) is 19.1. The number of esters is 2. The van der Waals surface area contributed by atoms with Crippen LogP contribution in [0.25, 0.3) is 21.5 Å². The molecule has 0 unspecified atom stereocenters. The summed E-state index contributed by atoms with van der Waals surface area (Å²) in [4.78, 5) is 43.8. The summed E-state index contributed by atoms with van der Waals surface area (Å²) >= 11 is 0. The molecule has 368 valence electrons. The number of hydrogen-bond acceptors (Lipinski definition) is 11. The van der Waals surface area contributed by atoms with Crippen molar-refractivity contribution in [3.05, 3.63) is 150 Å². The summed E-state index contributed by atoms with van der Waals surface area (Å²) in [6, 6.07) is 29.7. The van der Waals surface area contributed by atoms with Gasteiger partial charge in [-0.05, 0) is 129 Å². The van der Waals surface area contributed by atoms with E-state index in [9.17, 15) is 19.7 Å². The molecule has 0 saturated carbocycles. The van der Waals surface area contributed by atoms with Gasteiger partial charge in [-0.2, -0.15) is 0 Å². The average molecular weight is 1100 g/mol. The molecule has 0 aliphatic carbocycles. The summed E-state index contributed by atoms with van der Waals surface area (Å²) in [5.41, 5.74) is 8.10. The van der Waals surface area contributed by atoms with E-state index in [1.165, 1.54) is 6.07 Å². The predicted octanol–water partition coefficient (Wildman–Crippen LogP) is 12.9. The molecule has 6 aromatic rings. The van der Waals surface area contributed by atoms with Crippen molar-refractivity contribution in [2.75, 3.05) is 5.73 Å². The number of nitrogen functional groups attached to an aromatic ring is 1. The second kappa shape index (κ2) is 25.3. The van der Waals surface area contributed by atoms with Crippen LogP contribution >= 0.6 is 0 Å². The van der Waals surface area contributed by atoms with Gasteiger partial charge in [-0.3, -0.25) is 29.7 Å². The molecule has 0 saturated heterocycles. The Bertz CT molecular complexity index is 2560. The number of nitrogens with zero attached hydrogens (tertiary/aromatic N) is 3. The third-order valence-corrected chi connectivity index (χ3v) is 9.26. The molecule has 12 nitrogen and oxygen atoms in total. The Balaban J connectivity index is 0.00000121. The van der Waals surface area contributed by atoms with E-state index >= 15 is 0 Å². The maximum Gasteiger partial charge on any atom is 0.312 e. The van der Waals surface area contributed by atoms with E-state index < -0.39 is 22.4 Å². The first-order valence-electron chi connectivity index (χ1n) is 20.6. The summed E-state index contributed by atoms with van der Waals surface area (Å²) in [6.07, 6.45) is 4.86. The number of fused-ring (bicyclic) bond motifs is 2. The molecular weight excluding hydrogens is 1030 g/mol. The molecule has 2 heterocycles. The van der Waals surface area contributed by atoms with Crippen molar-refractivity contribution in [1.29, 1.82) is 0 Å². The van der Waals surface area contributed by atoms with E-state index in [-0.39, 0.29) is 86.2 Å². The minimum absolute atomic E-state index is 0. The second-order valence-electron chi connectivity index (χ2n) is 18.5. The fraction of sp³-hybridized carbons (Fsp3) is 0.389. The minimum atomic E-state index is -0.608. The van der Waals surface area contributed by atoms with Crippen molar-refractivity contribution >= 4 is 44.9 Å². The number of non-ortho nitro benzene ring substituents is 1. The summed E-state index contributed by atoms with van der Waals surface area (Å²) < 4.78 is 23.5. The zero-order valence-electron chi connectivity index (χ0n) is 38.7. The molecule has 67 heavy (non-hydrogen) atoms. The normalized spacial score (nSPS) is 11.1. The van der Waals surface area contributed by atoms with E-state index in [0.29, 0.717) is 40.8 Å². The molecule has 2 aromatic heterocycles. The molecule has 0 atom stereocenters. The molecular formula is C54H73N4O8Pt-. The number of pyridine rings is 2. The zero-order chi connectivity index (χ0) is 45.5. The van der Waals surface area contributed by atoms with Crippen LogP contribution in [0.2, 0.25) is 0 Å². The molecule has 0 spiro atoms. The topological polar surface area (TPSA) is 166 Å². The monoisotopic (exact) mass is 1100 g/mol. The van der Waals surface area contributed by atoms with Gasteiger partial charge in [0, 0.05) is 74.2 Å². The maximum atomic E-state index is 12.1. The number of anilines is 1. The van der Waals surface area contributed by atoms with E-state index in [1.807, 2.05) is 142 Å². The van der Waals surface area contributed by atoms with Crippen LogP contribution in [-0.4, -0.2) is 49.2 Å². The van der Waals surface area contributed by atoms with Gasteiger partial charge in [-0.15, -0.1) is 0 Å². The molecule has 0 bridgehead atoms. The van der Waals surface area contributed by atoms with Crippen molar-refractivity contribution < 1.29 is 54.5 Å². The molecule has 6 rings (SSSR count). The van der Waals surface area contributed by atoms with E-state index in [4.69, 9.17) is 24.7 Å².